The number of anilines is 1. The number of piperazine rings is 1. The molecule has 2 saturated heterocycles. The second-order valence-electron chi connectivity index (χ2n) is 9.43. The summed E-state index contributed by atoms with van der Waals surface area (Å²) in [7, 11) is 4.05. The quantitative estimate of drug-likeness (QED) is 0.526. The first-order valence-electron chi connectivity index (χ1n) is 11.9. The Kier molecular flexibility index (Phi) is 7.80. The fourth-order valence-electron chi connectivity index (χ4n) is 4.75. The molecule has 8 heteroatoms. The van der Waals surface area contributed by atoms with Crippen molar-refractivity contribution in [2.75, 3.05) is 32.1 Å². The van der Waals surface area contributed by atoms with Gasteiger partial charge < -0.3 is 20.9 Å². The van der Waals surface area contributed by atoms with E-state index < -0.39 is 0 Å². The van der Waals surface area contributed by atoms with Gasteiger partial charge in [0.2, 0.25) is 11.8 Å². The summed E-state index contributed by atoms with van der Waals surface area (Å²) >= 11 is 0. The first kappa shape index (κ1) is 24.2. The number of carbonyl (C=O) groups is 2. The maximum absolute atomic E-state index is 13.0. The number of halogens is 1. The number of rotatable bonds is 9. The van der Waals surface area contributed by atoms with Gasteiger partial charge in [-0.1, -0.05) is 24.3 Å². The third kappa shape index (κ3) is 6.12. The van der Waals surface area contributed by atoms with Crippen molar-refractivity contribution < 1.29 is 14.0 Å². The molecule has 3 atom stereocenters. The van der Waals surface area contributed by atoms with Crippen LogP contribution in [0.3, 0.4) is 0 Å². The zero-order valence-electron chi connectivity index (χ0n) is 19.9. The van der Waals surface area contributed by atoms with Gasteiger partial charge in [-0.25, -0.2) is 4.39 Å². The van der Waals surface area contributed by atoms with Gasteiger partial charge in [0.05, 0.1) is 6.04 Å². The van der Waals surface area contributed by atoms with E-state index in [2.05, 4.69) is 50.0 Å². The summed E-state index contributed by atoms with van der Waals surface area (Å²) in [5, 5.41) is 9.53. The van der Waals surface area contributed by atoms with Crippen molar-refractivity contribution in [3.63, 3.8) is 0 Å². The summed E-state index contributed by atoms with van der Waals surface area (Å²) in [5.74, 6) is -0.242. The topological polar surface area (TPSA) is 76.7 Å². The van der Waals surface area contributed by atoms with E-state index in [-0.39, 0.29) is 35.8 Å². The Labute approximate surface area is 200 Å². The summed E-state index contributed by atoms with van der Waals surface area (Å²) in [6.07, 6.45) is 1.85. The molecular weight excluding hydrogens is 433 g/mol. The molecule has 182 valence electrons. The van der Waals surface area contributed by atoms with Crippen LogP contribution in [0, 0.1) is 5.82 Å². The molecule has 0 radical (unpaired) electrons. The van der Waals surface area contributed by atoms with Crippen LogP contribution < -0.4 is 20.9 Å². The van der Waals surface area contributed by atoms with Crippen molar-refractivity contribution in [2.45, 2.75) is 50.5 Å². The van der Waals surface area contributed by atoms with Crippen molar-refractivity contribution in [2.24, 2.45) is 0 Å². The number of nitrogens with one attached hydrogen (secondary N) is 3. The van der Waals surface area contributed by atoms with E-state index in [1.54, 1.807) is 12.1 Å². The zero-order chi connectivity index (χ0) is 24.1. The average molecular weight is 468 g/mol. The average Bonchev–Trinajstić information content (AvgIpc) is 3.27. The third-order valence-corrected chi connectivity index (χ3v) is 6.78. The van der Waals surface area contributed by atoms with E-state index in [4.69, 9.17) is 0 Å². The second kappa shape index (κ2) is 11.0. The van der Waals surface area contributed by atoms with Gasteiger partial charge in [-0.3, -0.25) is 14.5 Å². The predicted molar refractivity (Wildman–Crippen MR) is 131 cm³/mol. The lowest BCUT2D eigenvalue weighted by atomic mass is 10.0. The van der Waals surface area contributed by atoms with Crippen LogP contribution >= 0.6 is 0 Å². The highest BCUT2D eigenvalue weighted by atomic mass is 19.1. The van der Waals surface area contributed by atoms with Crippen molar-refractivity contribution in [3.8, 4) is 0 Å². The standard InChI is InChI=1S/C26H34FN5O2/c1-31(2)22-9-5-19(6-10-22)14-28-21-13-24-26(34)30-16-23(32(24)17-21)11-12-25(33)29-15-18-3-7-20(27)8-4-18/h3-10,21,23-24,28H,11-17H2,1-2H3,(H,29,33)(H,30,34)/t21-,23-,24-/m1/s1. The summed E-state index contributed by atoms with van der Waals surface area (Å²) < 4.78 is 13.0. The maximum Gasteiger partial charge on any atom is 0.237 e. The number of benzene rings is 2. The first-order chi connectivity index (χ1) is 16.4. The number of hydrogen-bond acceptors (Lipinski definition) is 5. The minimum atomic E-state index is -0.287. The second-order valence-corrected chi connectivity index (χ2v) is 9.43. The summed E-state index contributed by atoms with van der Waals surface area (Å²) in [5.41, 5.74) is 3.25. The highest BCUT2D eigenvalue weighted by Crippen LogP contribution is 2.26. The number of amides is 2. The van der Waals surface area contributed by atoms with Gasteiger partial charge in [-0.2, -0.15) is 0 Å². The van der Waals surface area contributed by atoms with Gasteiger partial charge in [-0.05, 0) is 48.2 Å². The SMILES string of the molecule is CN(C)c1ccc(CN[C@@H]2C[C@@H]3C(=O)NC[C@@H](CCC(=O)NCc4ccc(F)cc4)N3C2)cc1. The minimum Gasteiger partial charge on any atom is -0.378 e. The van der Waals surface area contributed by atoms with Gasteiger partial charge in [0, 0.05) is 64.5 Å². The number of hydrogen-bond donors (Lipinski definition) is 3. The lowest BCUT2D eigenvalue weighted by Gasteiger charge is -2.37. The number of nitrogens with zero attached hydrogens (tertiary/aromatic N) is 2. The molecule has 0 unspecified atom stereocenters. The lowest BCUT2D eigenvalue weighted by Crippen LogP contribution is -2.58. The Bertz CT molecular complexity index is 980. The van der Waals surface area contributed by atoms with E-state index in [0.29, 0.717) is 25.9 Å². The maximum atomic E-state index is 13.0. The van der Waals surface area contributed by atoms with Crippen LogP contribution in [0.25, 0.3) is 0 Å². The van der Waals surface area contributed by atoms with Gasteiger partial charge in [0.15, 0.2) is 0 Å². The highest BCUT2D eigenvalue weighted by Gasteiger charge is 2.43. The molecule has 0 aliphatic carbocycles. The van der Waals surface area contributed by atoms with Gasteiger partial charge in [0.1, 0.15) is 5.82 Å². The summed E-state index contributed by atoms with van der Waals surface area (Å²) in [6, 6.07) is 14.8. The lowest BCUT2D eigenvalue weighted by molar-refractivity contribution is -0.129. The zero-order valence-corrected chi connectivity index (χ0v) is 19.9. The van der Waals surface area contributed by atoms with Crippen LogP contribution in [-0.2, 0) is 22.7 Å². The number of carbonyl (C=O) groups excluding carboxylic acids is 2. The summed E-state index contributed by atoms with van der Waals surface area (Å²) in [6.45, 7) is 2.51. The van der Waals surface area contributed by atoms with Crippen LogP contribution in [0.4, 0.5) is 10.1 Å². The highest BCUT2D eigenvalue weighted by molar-refractivity contribution is 5.83. The molecule has 34 heavy (non-hydrogen) atoms. The van der Waals surface area contributed by atoms with Crippen molar-refractivity contribution >= 4 is 17.5 Å². The molecule has 0 spiro atoms. The Hall–Kier alpha value is -2.97. The molecule has 7 nitrogen and oxygen atoms in total. The molecule has 0 aromatic heterocycles. The Balaban J connectivity index is 1.25. The Morgan fingerprint density at radius 1 is 1.09 bits per heavy atom. The molecule has 0 bridgehead atoms. The molecule has 2 fully saturated rings. The van der Waals surface area contributed by atoms with Crippen LogP contribution in [0.2, 0.25) is 0 Å². The van der Waals surface area contributed by atoms with Gasteiger partial charge >= 0.3 is 0 Å². The Morgan fingerprint density at radius 2 is 1.76 bits per heavy atom. The minimum absolute atomic E-state index is 0.0344. The van der Waals surface area contributed by atoms with Gasteiger partial charge in [0.25, 0.3) is 0 Å². The van der Waals surface area contributed by atoms with E-state index in [0.717, 1.165) is 25.1 Å². The van der Waals surface area contributed by atoms with Crippen molar-refractivity contribution in [3.05, 3.63) is 65.5 Å². The molecule has 3 N–H and O–H groups in total. The van der Waals surface area contributed by atoms with Crippen molar-refractivity contribution in [1.29, 1.82) is 0 Å². The van der Waals surface area contributed by atoms with E-state index in [1.807, 2.05) is 14.1 Å². The molecule has 2 aliphatic rings. The fourth-order valence-corrected chi connectivity index (χ4v) is 4.75. The molecule has 2 heterocycles. The molecule has 4 rings (SSSR count). The molecule has 2 aromatic rings. The van der Waals surface area contributed by atoms with Crippen LogP contribution in [0.1, 0.15) is 30.4 Å². The van der Waals surface area contributed by atoms with Gasteiger partial charge in [-0.15, -0.1) is 0 Å². The molecule has 2 aliphatic heterocycles. The van der Waals surface area contributed by atoms with E-state index in [1.165, 1.54) is 23.4 Å². The predicted octanol–water partition coefficient (Wildman–Crippen LogP) is 2.02. The monoisotopic (exact) mass is 467 g/mol. The van der Waals surface area contributed by atoms with Crippen molar-refractivity contribution in [1.82, 2.24) is 20.9 Å². The molecule has 2 amide bonds. The Morgan fingerprint density at radius 3 is 2.47 bits per heavy atom. The molecule has 2 aromatic carbocycles. The van der Waals surface area contributed by atoms with E-state index in [9.17, 15) is 14.0 Å². The fraction of sp³-hybridized carbons (Fsp3) is 0.462. The van der Waals surface area contributed by atoms with E-state index >= 15 is 0 Å². The number of fused-ring (bicyclic) bond motifs is 1. The third-order valence-electron chi connectivity index (χ3n) is 6.78. The van der Waals surface area contributed by atoms with Crippen LogP contribution in [0.5, 0.6) is 0 Å². The summed E-state index contributed by atoms with van der Waals surface area (Å²) in [4.78, 5) is 29.2. The van der Waals surface area contributed by atoms with Crippen LogP contribution in [0.15, 0.2) is 48.5 Å². The normalized spacial score (nSPS) is 22.2. The molecular formula is C26H34FN5O2. The molecule has 0 saturated carbocycles. The first-order valence-corrected chi connectivity index (χ1v) is 11.9. The van der Waals surface area contributed by atoms with Crippen LogP contribution in [-0.4, -0.2) is 62.0 Å². The smallest absolute Gasteiger partial charge is 0.237 e. The largest absolute Gasteiger partial charge is 0.378 e.